The summed E-state index contributed by atoms with van der Waals surface area (Å²) in [5.74, 6) is -0.957. The number of alkyl halides is 2. The molecular formula is C29H31F2N5O4S. The van der Waals surface area contributed by atoms with Gasteiger partial charge in [0.05, 0.1) is 18.4 Å². The van der Waals surface area contributed by atoms with Crippen molar-refractivity contribution in [2.45, 2.75) is 58.4 Å². The van der Waals surface area contributed by atoms with Crippen molar-refractivity contribution in [3.05, 3.63) is 78.1 Å². The van der Waals surface area contributed by atoms with Crippen LogP contribution in [-0.4, -0.2) is 33.1 Å². The molecule has 0 aliphatic rings. The fraction of sp³-hybridized carbons (Fsp3) is 0.345. The van der Waals surface area contributed by atoms with E-state index in [0.29, 0.717) is 21.4 Å². The first-order chi connectivity index (χ1) is 19.5. The summed E-state index contributed by atoms with van der Waals surface area (Å²) in [6, 6.07) is 17.8. The van der Waals surface area contributed by atoms with Gasteiger partial charge >= 0.3 is 18.6 Å². The number of nitrogens with zero attached hydrogens (tertiary/aromatic N) is 3. The van der Waals surface area contributed by atoms with Gasteiger partial charge in [-0.3, -0.25) is 5.32 Å². The molecule has 1 amide bonds. The minimum atomic E-state index is -2.78. The molecule has 2 aromatic carbocycles. The van der Waals surface area contributed by atoms with Crippen LogP contribution in [0.4, 0.5) is 13.6 Å². The second-order valence-electron chi connectivity index (χ2n) is 9.74. The number of carbonyl (C=O) groups excluding carboxylic acids is 2. The number of nitriles is 1. The average Bonchev–Trinajstić information content (AvgIpc) is 3.43. The van der Waals surface area contributed by atoms with E-state index in [9.17, 15) is 23.6 Å². The number of esters is 1. The van der Waals surface area contributed by atoms with Crippen molar-refractivity contribution < 1.29 is 27.8 Å². The number of alkyl carbamates (subject to hydrolysis) is 1. The highest BCUT2D eigenvalue weighted by molar-refractivity contribution is 7.80. The Bertz CT molecular complexity index is 1380. The molecule has 2 N–H and O–H groups in total. The molecule has 1 aromatic heterocycles. The lowest BCUT2D eigenvalue weighted by Gasteiger charge is -2.36. The first-order valence-electron chi connectivity index (χ1n) is 12.8. The summed E-state index contributed by atoms with van der Waals surface area (Å²) in [4.78, 5) is 26.2. The van der Waals surface area contributed by atoms with Crippen LogP contribution in [0.2, 0.25) is 0 Å². The molecule has 3 rings (SSSR count). The summed E-state index contributed by atoms with van der Waals surface area (Å²) >= 11 is 5.41. The van der Waals surface area contributed by atoms with Crippen molar-refractivity contribution in [3.63, 3.8) is 0 Å². The zero-order chi connectivity index (χ0) is 30.0. The van der Waals surface area contributed by atoms with Gasteiger partial charge in [0.1, 0.15) is 6.61 Å². The van der Waals surface area contributed by atoms with E-state index in [2.05, 4.69) is 21.8 Å². The highest BCUT2D eigenvalue weighted by Crippen LogP contribution is 2.34. The van der Waals surface area contributed by atoms with E-state index >= 15 is 0 Å². The third kappa shape index (κ3) is 8.56. The second kappa shape index (κ2) is 14.3. The van der Waals surface area contributed by atoms with Crippen LogP contribution in [0.5, 0.6) is 0 Å². The molecule has 3 aromatic rings. The molecule has 0 aliphatic heterocycles. The van der Waals surface area contributed by atoms with Gasteiger partial charge in [-0.25, -0.2) is 14.3 Å². The van der Waals surface area contributed by atoms with Crippen molar-refractivity contribution in [3.8, 4) is 17.2 Å². The number of rotatable bonds is 11. The smallest absolute Gasteiger partial charge is 0.413 e. The van der Waals surface area contributed by atoms with Gasteiger partial charge in [0.2, 0.25) is 0 Å². The van der Waals surface area contributed by atoms with Crippen molar-refractivity contribution in [2.75, 3.05) is 0 Å². The third-order valence-electron chi connectivity index (χ3n) is 6.05. The molecule has 0 fully saturated rings. The topological polar surface area (TPSA) is 118 Å². The van der Waals surface area contributed by atoms with Crippen molar-refractivity contribution in [1.29, 1.82) is 5.26 Å². The van der Waals surface area contributed by atoms with E-state index in [0.717, 1.165) is 5.56 Å². The number of thiocarbonyl (C=S) groups is 1. The molecule has 0 radical (unpaired) electrons. The Hall–Kier alpha value is -4.37. The van der Waals surface area contributed by atoms with Gasteiger partial charge < -0.3 is 14.8 Å². The molecule has 12 heteroatoms. The third-order valence-corrected chi connectivity index (χ3v) is 6.26. The predicted octanol–water partition coefficient (Wildman–Crippen LogP) is 5.83. The van der Waals surface area contributed by atoms with Gasteiger partial charge in [0.25, 0.3) is 0 Å². The van der Waals surface area contributed by atoms with Crippen LogP contribution >= 0.6 is 12.2 Å². The fourth-order valence-electron chi connectivity index (χ4n) is 4.18. The molecule has 41 heavy (non-hydrogen) atoms. The highest BCUT2D eigenvalue weighted by Gasteiger charge is 2.44. The largest absolute Gasteiger partial charge is 0.461 e. The minimum absolute atomic E-state index is 0.0125. The van der Waals surface area contributed by atoms with E-state index in [4.69, 9.17) is 21.7 Å². The number of hydrogen-bond donors (Lipinski definition) is 2. The standard InChI is InChI=1S/C29H31F2N5O4S/c1-19(2)40-25(37)29(15-20(3)13-14-32,35-27(41)34-28(38)39-18-21-7-5-4-6-8-21)24-11-9-22(10-12-24)23-16-33-36(17-23)26(30)31/h4-12,16-17,19-20,26H,13,15,18H2,1-3H3,(H2,34,35,38,41)/t20?,29-/m1/s1. The van der Waals surface area contributed by atoms with Crippen LogP contribution in [0.3, 0.4) is 0 Å². The Kier molecular flexibility index (Phi) is 10.9. The van der Waals surface area contributed by atoms with Gasteiger partial charge in [-0.05, 0) is 55.1 Å². The van der Waals surface area contributed by atoms with Crippen LogP contribution in [0.1, 0.15) is 51.3 Å². The number of nitrogens with one attached hydrogen (secondary N) is 2. The number of aromatic nitrogens is 2. The zero-order valence-electron chi connectivity index (χ0n) is 22.8. The number of halogens is 2. The van der Waals surface area contributed by atoms with Crippen LogP contribution in [0.25, 0.3) is 11.1 Å². The van der Waals surface area contributed by atoms with Crippen molar-refractivity contribution in [2.24, 2.45) is 5.92 Å². The van der Waals surface area contributed by atoms with E-state index < -0.39 is 30.3 Å². The second-order valence-corrected chi connectivity index (χ2v) is 10.1. The lowest BCUT2D eigenvalue weighted by molar-refractivity contribution is -0.156. The number of benzene rings is 2. The lowest BCUT2D eigenvalue weighted by atomic mass is 9.80. The molecule has 1 unspecified atom stereocenters. The average molecular weight is 584 g/mol. The van der Waals surface area contributed by atoms with E-state index in [1.165, 1.54) is 12.4 Å². The first-order valence-corrected chi connectivity index (χ1v) is 13.3. The quantitative estimate of drug-likeness (QED) is 0.214. The Labute approximate surface area is 242 Å². The molecule has 0 aliphatic carbocycles. The molecule has 0 spiro atoms. The van der Waals surface area contributed by atoms with Crippen LogP contribution < -0.4 is 10.6 Å². The molecule has 9 nitrogen and oxygen atoms in total. The van der Waals surface area contributed by atoms with Crippen LogP contribution in [-0.2, 0) is 26.4 Å². The Morgan fingerprint density at radius 1 is 1.10 bits per heavy atom. The number of ether oxygens (including phenoxy) is 2. The lowest BCUT2D eigenvalue weighted by Crippen LogP contribution is -2.57. The highest BCUT2D eigenvalue weighted by atomic mass is 32.1. The molecule has 2 atom stereocenters. The Balaban J connectivity index is 1.92. The zero-order valence-corrected chi connectivity index (χ0v) is 23.7. The predicted molar refractivity (Wildman–Crippen MR) is 151 cm³/mol. The molecule has 216 valence electrons. The maximum atomic E-state index is 13.7. The van der Waals surface area contributed by atoms with Gasteiger partial charge in [-0.1, -0.05) is 61.5 Å². The van der Waals surface area contributed by atoms with Gasteiger partial charge in [0.15, 0.2) is 10.7 Å². The van der Waals surface area contributed by atoms with Crippen LogP contribution in [0, 0.1) is 17.2 Å². The maximum Gasteiger partial charge on any atom is 0.413 e. The van der Waals surface area contributed by atoms with E-state index in [1.807, 2.05) is 18.2 Å². The molecule has 0 saturated heterocycles. The SMILES string of the molecule is CC(CC#N)C[C@](NC(=S)NC(=O)OCc1ccccc1)(C(=O)OC(C)C)c1ccc(-c2cnn(C(F)F)c2)cc1. The van der Waals surface area contributed by atoms with Crippen molar-refractivity contribution >= 4 is 29.4 Å². The Morgan fingerprint density at radius 2 is 1.78 bits per heavy atom. The van der Waals surface area contributed by atoms with Crippen molar-refractivity contribution in [1.82, 2.24) is 20.4 Å². The van der Waals surface area contributed by atoms with Gasteiger partial charge in [0, 0.05) is 18.2 Å². The fourth-order valence-corrected chi connectivity index (χ4v) is 4.43. The molecule has 0 bridgehead atoms. The van der Waals surface area contributed by atoms with Gasteiger partial charge in [-0.2, -0.15) is 19.1 Å². The normalized spacial score (nSPS) is 13.1. The van der Waals surface area contributed by atoms with E-state index in [1.54, 1.807) is 57.2 Å². The summed E-state index contributed by atoms with van der Waals surface area (Å²) < 4.78 is 37.4. The van der Waals surface area contributed by atoms with Crippen LogP contribution in [0.15, 0.2) is 67.0 Å². The number of carbonyl (C=O) groups is 2. The van der Waals surface area contributed by atoms with Gasteiger partial charge in [-0.15, -0.1) is 0 Å². The summed E-state index contributed by atoms with van der Waals surface area (Å²) in [6.07, 6.45) is 1.46. The minimum Gasteiger partial charge on any atom is -0.461 e. The first kappa shape index (κ1) is 31.2. The summed E-state index contributed by atoms with van der Waals surface area (Å²) in [6.45, 7) is 2.43. The molecule has 1 heterocycles. The summed E-state index contributed by atoms with van der Waals surface area (Å²) in [5, 5.41) is 18.2. The monoisotopic (exact) mass is 583 g/mol. The summed E-state index contributed by atoms with van der Waals surface area (Å²) in [5.41, 5.74) is 0.648. The molecular weight excluding hydrogens is 552 g/mol. The number of amides is 1. The molecule has 0 saturated carbocycles. The van der Waals surface area contributed by atoms with E-state index in [-0.39, 0.29) is 30.5 Å². The maximum absolute atomic E-state index is 13.7. The number of hydrogen-bond acceptors (Lipinski definition) is 7. The summed E-state index contributed by atoms with van der Waals surface area (Å²) in [7, 11) is 0. The Morgan fingerprint density at radius 3 is 2.37 bits per heavy atom.